The van der Waals surface area contributed by atoms with Gasteiger partial charge in [-0.3, -0.25) is 10.1 Å². The van der Waals surface area contributed by atoms with Crippen LogP contribution in [0.2, 0.25) is 0 Å². The lowest BCUT2D eigenvalue weighted by atomic mass is 10.1. The molecule has 6 heteroatoms. The number of benzene rings is 2. The van der Waals surface area contributed by atoms with E-state index in [4.69, 9.17) is 5.73 Å². The van der Waals surface area contributed by atoms with Gasteiger partial charge in [0, 0.05) is 40.5 Å². The van der Waals surface area contributed by atoms with E-state index < -0.39 is 4.92 Å². The molecule has 1 aromatic heterocycles. The number of nitrogen functional groups attached to an aromatic ring is 1. The van der Waals surface area contributed by atoms with Gasteiger partial charge in [-0.2, -0.15) is 0 Å². The van der Waals surface area contributed by atoms with E-state index in [2.05, 4.69) is 10.3 Å². The highest BCUT2D eigenvalue weighted by Crippen LogP contribution is 2.28. The van der Waals surface area contributed by atoms with Gasteiger partial charge < -0.3 is 11.1 Å². The first-order valence-corrected chi connectivity index (χ1v) is 6.30. The minimum atomic E-state index is -0.431. The van der Waals surface area contributed by atoms with Crippen molar-refractivity contribution in [3.8, 4) is 0 Å². The number of anilines is 3. The standard InChI is InChI=1S/C15H12N4O2/c16-14-6-2-5-13-12(14)7-8-17-15(13)18-10-3-1-4-11(9-10)19(20)21/h1-9H,16H2,(H,17,18). The van der Waals surface area contributed by atoms with Gasteiger partial charge >= 0.3 is 0 Å². The van der Waals surface area contributed by atoms with Crippen LogP contribution in [0.5, 0.6) is 0 Å². The molecule has 0 aliphatic carbocycles. The zero-order valence-electron chi connectivity index (χ0n) is 11.0. The smallest absolute Gasteiger partial charge is 0.271 e. The van der Waals surface area contributed by atoms with Gasteiger partial charge in [0.15, 0.2) is 0 Å². The number of nitro benzene ring substituents is 1. The fourth-order valence-electron chi connectivity index (χ4n) is 2.17. The average molecular weight is 280 g/mol. The SMILES string of the molecule is Nc1cccc2c(Nc3cccc([N+](=O)[O-])c3)nccc12. The van der Waals surface area contributed by atoms with Gasteiger partial charge in [-0.15, -0.1) is 0 Å². The maximum absolute atomic E-state index is 10.8. The van der Waals surface area contributed by atoms with Gasteiger partial charge in [0.25, 0.3) is 5.69 Å². The van der Waals surface area contributed by atoms with Crippen molar-refractivity contribution in [3.63, 3.8) is 0 Å². The van der Waals surface area contributed by atoms with Crippen LogP contribution in [-0.2, 0) is 0 Å². The normalized spacial score (nSPS) is 10.5. The van der Waals surface area contributed by atoms with E-state index in [-0.39, 0.29) is 5.69 Å². The van der Waals surface area contributed by atoms with E-state index in [0.29, 0.717) is 17.2 Å². The summed E-state index contributed by atoms with van der Waals surface area (Å²) in [5, 5.41) is 15.7. The Kier molecular flexibility index (Phi) is 3.12. The van der Waals surface area contributed by atoms with Gasteiger partial charge in [0.05, 0.1) is 4.92 Å². The number of hydrogen-bond acceptors (Lipinski definition) is 5. The first kappa shape index (κ1) is 12.9. The lowest BCUT2D eigenvalue weighted by Crippen LogP contribution is -1.97. The number of rotatable bonds is 3. The molecule has 0 unspecified atom stereocenters. The molecule has 0 bridgehead atoms. The summed E-state index contributed by atoms with van der Waals surface area (Å²) in [5.74, 6) is 0.611. The quantitative estimate of drug-likeness (QED) is 0.435. The molecule has 3 N–H and O–H groups in total. The number of nitrogens with two attached hydrogens (primary N) is 1. The van der Waals surface area contributed by atoms with Crippen LogP contribution < -0.4 is 11.1 Å². The number of nitrogens with zero attached hydrogens (tertiary/aromatic N) is 2. The van der Waals surface area contributed by atoms with Crippen LogP contribution in [0.1, 0.15) is 0 Å². The first-order chi connectivity index (χ1) is 10.1. The van der Waals surface area contributed by atoms with Gasteiger partial charge in [0.2, 0.25) is 0 Å². The van der Waals surface area contributed by atoms with Crippen LogP contribution in [0.3, 0.4) is 0 Å². The van der Waals surface area contributed by atoms with Crippen LogP contribution in [0, 0.1) is 10.1 Å². The highest BCUT2D eigenvalue weighted by atomic mass is 16.6. The molecule has 0 saturated carbocycles. The summed E-state index contributed by atoms with van der Waals surface area (Å²) in [6, 6.07) is 13.7. The zero-order chi connectivity index (χ0) is 14.8. The molecule has 1 heterocycles. The Hall–Kier alpha value is -3.15. The molecule has 3 aromatic rings. The molecular formula is C15H12N4O2. The topological polar surface area (TPSA) is 94.1 Å². The maximum Gasteiger partial charge on any atom is 0.271 e. The monoisotopic (exact) mass is 280 g/mol. The molecule has 6 nitrogen and oxygen atoms in total. The van der Waals surface area contributed by atoms with Crippen molar-refractivity contribution in [2.75, 3.05) is 11.1 Å². The van der Waals surface area contributed by atoms with E-state index in [0.717, 1.165) is 10.8 Å². The van der Waals surface area contributed by atoms with Crippen molar-refractivity contribution in [1.29, 1.82) is 0 Å². The van der Waals surface area contributed by atoms with Crippen molar-refractivity contribution >= 4 is 33.7 Å². The summed E-state index contributed by atoms with van der Waals surface area (Å²) in [5.41, 5.74) is 7.23. The number of nitrogens with one attached hydrogen (secondary N) is 1. The molecule has 0 aliphatic heterocycles. The minimum absolute atomic E-state index is 0.0275. The second kappa shape index (κ2) is 5.09. The number of fused-ring (bicyclic) bond motifs is 1. The molecule has 0 atom stereocenters. The molecule has 0 radical (unpaired) electrons. The maximum atomic E-state index is 10.8. The van der Waals surface area contributed by atoms with Gasteiger partial charge in [-0.25, -0.2) is 4.98 Å². The Morgan fingerprint density at radius 1 is 1.10 bits per heavy atom. The molecule has 0 saturated heterocycles. The van der Waals surface area contributed by atoms with Crippen LogP contribution in [0.4, 0.5) is 22.9 Å². The summed E-state index contributed by atoms with van der Waals surface area (Å²) < 4.78 is 0. The molecule has 0 fully saturated rings. The Bertz CT molecular complexity index is 833. The summed E-state index contributed by atoms with van der Waals surface area (Å²) in [6.07, 6.45) is 1.65. The highest BCUT2D eigenvalue weighted by molar-refractivity contribution is 5.99. The summed E-state index contributed by atoms with van der Waals surface area (Å²) in [6.45, 7) is 0. The van der Waals surface area contributed by atoms with E-state index in [1.165, 1.54) is 12.1 Å². The number of hydrogen-bond donors (Lipinski definition) is 2. The van der Waals surface area contributed by atoms with Crippen LogP contribution in [-0.4, -0.2) is 9.91 Å². The van der Waals surface area contributed by atoms with Crippen LogP contribution in [0.25, 0.3) is 10.8 Å². The molecule has 0 amide bonds. The fraction of sp³-hybridized carbons (Fsp3) is 0. The largest absolute Gasteiger partial charge is 0.398 e. The van der Waals surface area contributed by atoms with Crippen molar-refractivity contribution < 1.29 is 4.92 Å². The fourth-order valence-corrected chi connectivity index (χ4v) is 2.17. The van der Waals surface area contributed by atoms with Crippen molar-refractivity contribution in [1.82, 2.24) is 4.98 Å². The minimum Gasteiger partial charge on any atom is -0.398 e. The second-order valence-electron chi connectivity index (χ2n) is 4.53. The summed E-state index contributed by atoms with van der Waals surface area (Å²) in [7, 11) is 0. The molecule has 21 heavy (non-hydrogen) atoms. The molecule has 3 rings (SSSR count). The van der Waals surface area contributed by atoms with E-state index in [1.54, 1.807) is 18.3 Å². The predicted molar refractivity (Wildman–Crippen MR) is 82.5 cm³/mol. The van der Waals surface area contributed by atoms with Crippen LogP contribution in [0.15, 0.2) is 54.7 Å². The van der Waals surface area contributed by atoms with Gasteiger partial charge in [-0.1, -0.05) is 18.2 Å². The Morgan fingerprint density at radius 2 is 1.90 bits per heavy atom. The second-order valence-corrected chi connectivity index (χ2v) is 4.53. The molecule has 104 valence electrons. The van der Waals surface area contributed by atoms with Crippen molar-refractivity contribution in [2.24, 2.45) is 0 Å². The zero-order valence-corrected chi connectivity index (χ0v) is 11.0. The van der Waals surface area contributed by atoms with Gasteiger partial charge in [0.1, 0.15) is 5.82 Å². The Balaban J connectivity index is 2.04. The van der Waals surface area contributed by atoms with Crippen molar-refractivity contribution in [3.05, 3.63) is 64.8 Å². The van der Waals surface area contributed by atoms with E-state index in [9.17, 15) is 10.1 Å². The van der Waals surface area contributed by atoms with E-state index in [1.807, 2.05) is 24.3 Å². The van der Waals surface area contributed by atoms with E-state index >= 15 is 0 Å². The number of aromatic nitrogens is 1. The van der Waals surface area contributed by atoms with Crippen LogP contribution >= 0.6 is 0 Å². The number of pyridine rings is 1. The third-order valence-corrected chi connectivity index (χ3v) is 3.16. The Morgan fingerprint density at radius 3 is 2.71 bits per heavy atom. The third-order valence-electron chi connectivity index (χ3n) is 3.16. The third kappa shape index (κ3) is 2.46. The summed E-state index contributed by atoms with van der Waals surface area (Å²) >= 11 is 0. The summed E-state index contributed by atoms with van der Waals surface area (Å²) in [4.78, 5) is 14.7. The first-order valence-electron chi connectivity index (χ1n) is 6.30. The van der Waals surface area contributed by atoms with Crippen molar-refractivity contribution in [2.45, 2.75) is 0 Å². The molecule has 0 spiro atoms. The molecule has 0 aliphatic rings. The lowest BCUT2D eigenvalue weighted by molar-refractivity contribution is -0.384. The molecular weight excluding hydrogens is 268 g/mol. The lowest BCUT2D eigenvalue weighted by Gasteiger charge is -2.09. The number of nitro groups is 1. The highest BCUT2D eigenvalue weighted by Gasteiger charge is 2.08. The number of non-ortho nitro benzene ring substituents is 1. The molecule has 2 aromatic carbocycles. The Labute approximate surface area is 120 Å². The predicted octanol–water partition coefficient (Wildman–Crippen LogP) is 3.47. The van der Waals surface area contributed by atoms with Gasteiger partial charge in [-0.05, 0) is 18.2 Å². The average Bonchev–Trinajstić information content (AvgIpc) is 2.49.